The van der Waals surface area contributed by atoms with Crippen molar-refractivity contribution in [2.24, 2.45) is 11.7 Å². The highest BCUT2D eigenvalue weighted by Gasteiger charge is 2.17. The van der Waals surface area contributed by atoms with E-state index in [0.717, 1.165) is 6.42 Å². The van der Waals surface area contributed by atoms with Crippen molar-refractivity contribution < 1.29 is 9.90 Å². The molecule has 0 heterocycles. The maximum absolute atomic E-state index is 10.4. The van der Waals surface area contributed by atoms with E-state index in [0.29, 0.717) is 5.92 Å². The lowest BCUT2D eigenvalue weighted by atomic mass is 9.84. The van der Waals surface area contributed by atoms with Crippen LogP contribution in [-0.4, -0.2) is 17.1 Å². The maximum Gasteiger partial charge on any atom is 0.304 e. The fourth-order valence-electron chi connectivity index (χ4n) is 2.16. The summed E-state index contributed by atoms with van der Waals surface area (Å²) in [5, 5.41) is 8.53. The summed E-state index contributed by atoms with van der Waals surface area (Å²) in [5.41, 5.74) is 5.72. The molecule has 1 atom stereocenters. The van der Waals surface area contributed by atoms with Gasteiger partial charge in [0.25, 0.3) is 0 Å². The third-order valence-corrected chi connectivity index (χ3v) is 2.80. The quantitative estimate of drug-likeness (QED) is 0.701. The second-order valence-corrected chi connectivity index (χ2v) is 4.10. The van der Waals surface area contributed by atoms with Gasteiger partial charge in [0.05, 0.1) is 6.42 Å². The van der Waals surface area contributed by atoms with Gasteiger partial charge in [-0.3, -0.25) is 4.79 Å². The Morgan fingerprint density at radius 3 is 2.54 bits per heavy atom. The molecular formula is C10H19NO2. The van der Waals surface area contributed by atoms with Gasteiger partial charge in [0.1, 0.15) is 0 Å². The second kappa shape index (κ2) is 5.22. The Morgan fingerprint density at radius 1 is 1.38 bits per heavy atom. The lowest BCUT2D eigenvalue weighted by molar-refractivity contribution is -0.137. The van der Waals surface area contributed by atoms with Crippen LogP contribution in [0.2, 0.25) is 0 Å². The molecule has 0 bridgehead atoms. The Hall–Kier alpha value is -0.570. The van der Waals surface area contributed by atoms with Crippen LogP contribution >= 0.6 is 0 Å². The normalized spacial score (nSPS) is 21.3. The van der Waals surface area contributed by atoms with E-state index in [1.807, 2.05) is 0 Å². The van der Waals surface area contributed by atoms with Crippen LogP contribution in [0.4, 0.5) is 0 Å². The lowest BCUT2D eigenvalue weighted by Gasteiger charge is -2.23. The molecule has 3 nitrogen and oxygen atoms in total. The van der Waals surface area contributed by atoms with Gasteiger partial charge in [-0.25, -0.2) is 0 Å². The van der Waals surface area contributed by atoms with E-state index in [2.05, 4.69) is 0 Å². The van der Waals surface area contributed by atoms with Gasteiger partial charge in [0.2, 0.25) is 0 Å². The Kier molecular flexibility index (Phi) is 4.22. The molecule has 1 aliphatic carbocycles. The third-order valence-electron chi connectivity index (χ3n) is 2.80. The highest BCUT2D eigenvalue weighted by atomic mass is 16.4. The Morgan fingerprint density at radius 2 is 2.00 bits per heavy atom. The molecule has 76 valence electrons. The number of rotatable bonds is 4. The summed E-state index contributed by atoms with van der Waals surface area (Å²) in [7, 11) is 0. The first kappa shape index (κ1) is 10.5. The van der Waals surface area contributed by atoms with Crippen molar-refractivity contribution in [2.45, 2.75) is 51.0 Å². The van der Waals surface area contributed by atoms with E-state index in [4.69, 9.17) is 10.8 Å². The summed E-state index contributed by atoms with van der Waals surface area (Å²) in [4.78, 5) is 10.4. The number of carboxylic acid groups (broad SMARTS) is 1. The summed E-state index contributed by atoms with van der Waals surface area (Å²) in [5.74, 6) is -0.0913. The minimum Gasteiger partial charge on any atom is -0.481 e. The van der Waals surface area contributed by atoms with Crippen LogP contribution in [0.25, 0.3) is 0 Å². The van der Waals surface area contributed by atoms with Crippen molar-refractivity contribution in [3.8, 4) is 0 Å². The third kappa shape index (κ3) is 4.27. The Bertz CT molecular complexity index is 164. The fourth-order valence-corrected chi connectivity index (χ4v) is 2.16. The molecule has 0 aromatic heterocycles. The average Bonchev–Trinajstić information content (AvgIpc) is 2.04. The molecule has 1 rings (SSSR count). The molecule has 1 fully saturated rings. The molecule has 3 heteroatoms. The van der Waals surface area contributed by atoms with Crippen LogP contribution in [0.5, 0.6) is 0 Å². The minimum atomic E-state index is -0.775. The highest BCUT2D eigenvalue weighted by molar-refractivity contribution is 5.67. The van der Waals surface area contributed by atoms with Crippen LogP contribution in [0.1, 0.15) is 44.9 Å². The maximum atomic E-state index is 10.4. The predicted octanol–water partition coefficient (Wildman–Crippen LogP) is 1.76. The highest BCUT2D eigenvalue weighted by Crippen LogP contribution is 2.27. The minimum absolute atomic E-state index is 0.122. The first-order chi connectivity index (χ1) is 6.18. The van der Waals surface area contributed by atoms with Crippen molar-refractivity contribution in [1.29, 1.82) is 0 Å². The molecule has 0 aliphatic heterocycles. The summed E-state index contributed by atoms with van der Waals surface area (Å²) in [6, 6.07) is -0.138. The van der Waals surface area contributed by atoms with Crippen molar-refractivity contribution in [2.75, 3.05) is 0 Å². The molecule has 0 aromatic carbocycles. The summed E-state index contributed by atoms with van der Waals surface area (Å²) in [6.45, 7) is 0. The second-order valence-electron chi connectivity index (χ2n) is 4.10. The molecule has 13 heavy (non-hydrogen) atoms. The monoisotopic (exact) mass is 185 g/mol. The van der Waals surface area contributed by atoms with Crippen LogP contribution in [0, 0.1) is 5.92 Å². The number of hydrogen-bond acceptors (Lipinski definition) is 2. The van der Waals surface area contributed by atoms with E-state index >= 15 is 0 Å². The standard InChI is InChI=1S/C10H19NO2/c11-9(7-10(12)13)6-8-4-2-1-3-5-8/h8-9H,1-7,11H2,(H,12,13)/t9-/m0/s1. The first-order valence-electron chi connectivity index (χ1n) is 5.16. The summed E-state index contributed by atoms with van der Waals surface area (Å²) in [6.07, 6.45) is 7.43. The smallest absolute Gasteiger partial charge is 0.304 e. The van der Waals surface area contributed by atoms with Crippen LogP contribution < -0.4 is 5.73 Å². The Labute approximate surface area is 79.3 Å². The largest absolute Gasteiger partial charge is 0.481 e. The van der Waals surface area contributed by atoms with Gasteiger partial charge in [0.15, 0.2) is 0 Å². The molecular weight excluding hydrogens is 166 g/mol. The van der Waals surface area contributed by atoms with Crippen molar-refractivity contribution >= 4 is 5.97 Å². The fraction of sp³-hybridized carbons (Fsp3) is 0.900. The van der Waals surface area contributed by atoms with E-state index in [1.54, 1.807) is 0 Å². The molecule has 0 aromatic rings. The zero-order valence-corrected chi connectivity index (χ0v) is 8.04. The van der Waals surface area contributed by atoms with Crippen molar-refractivity contribution in [3.63, 3.8) is 0 Å². The topological polar surface area (TPSA) is 63.3 Å². The van der Waals surface area contributed by atoms with Gasteiger partial charge in [-0.2, -0.15) is 0 Å². The number of nitrogens with two attached hydrogens (primary N) is 1. The van der Waals surface area contributed by atoms with Gasteiger partial charge in [-0.15, -0.1) is 0 Å². The zero-order chi connectivity index (χ0) is 9.68. The summed E-state index contributed by atoms with van der Waals surface area (Å²) < 4.78 is 0. The van der Waals surface area contributed by atoms with Crippen LogP contribution in [-0.2, 0) is 4.79 Å². The van der Waals surface area contributed by atoms with E-state index < -0.39 is 5.97 Å². The number of carboxylic acids is 1. The molecule has 0 radical (unpaired) electrons. The number of carbonyl (C=O) groups is 1. The SMILES string of the molecule is N[C@H](CC(=O)O)CC1CCCCC1. The van der Waals surface area contributed by atoms with Gasteiger partial charge in [0, 0.05) is 6.04 Å². The lowest BCUT2D eigenvalue weighted by Crippen LogP contribution is -2.27. The molecule has 3 N–H and O–H groups in total. The average molecular weight is 185 g/mol. The number of aliphatic carboxylic acids is 1. The molecule has 0 amide bonds. The van der Waals surface area contributed by atoms with Crippen molar-refractivity contribution in [3.05, 3.63) is 0 Å². The van der Waals surface area contributed by atoms with Gasteiger partial charge >= 0.3 is 5.97 Å². The molecule has 0 unspecified atom stereocenters. The van der Waals surface area contributed by atoms with Gasteiger partial charge in [-0.1, -0.05) is 32.1 Å². The molecule has 0 spiro atoms. The Balaban J connectivity index is 2.18. The predicted molar refractivity (Wildman–Crippen MR) is 51.4 cm³/mol. The summed E-state index contributed by atoms with van der Waals surface area (Å²) >= 11 is 0. The van der Waals surface area contributed by atoms with E-state index in [1.165, 1.54) is 32.1 Å². The van der Waals surface area contributed by atoms with E-state index in [9.17, 15) is 4.79 Å². The molecule has 1 saturated carbocycles. The van der Waals surface area contributed by atoms with Gasteiger partial charge in [-0.05, 0) is 12.3 Å². The van der Waals surface area contributed by atoms with Crippen LogP contribution in [0.15, 0.2) is 0 Å². The molecule has 1 aliphatic rings. The van der Waals surface area contributed by atoms with Crippen molar-refractivity contribution in [1.82, 2.24) is 0 Å². The van der Waals surface area contributed by atoms with E-state index in [-0.39, 0.29) is 12.5 Å². The first-order valence-corrected chi connectivity index (χ1v) is 5.16. The van der Waals surface area contributed by atoms with Crippen LogP contribution in [0.3, 0.4) is 0 Å². The molecule has 0 saturated heterocycles. The number of hydrogen-bond donors (Lipinski definition) is 2. The van der Waals surface area contributed by atoms with Gasteiger partial charge < -0.3 is 10.8 Å². The zero-order valence-electron chi connectivity index (χ0n) is 8.04.